The number of aryl methyl sites for hydroxylation is 2. The molecule has 0 spiro atoms. The number of urea groups is 1. The highest BCUT2D eigenvalue weighted by Gasteiger charge is 2.27. The zero-order valence-electron chi connectivity index (χ0n) is 20.3. The molecular formula is C29H33N3O2. The molecule has 1 N–H and O–H groups in total. The van der Waals surface area contributed by atoms with Crippen molar-refractivity contribution in [2.45, 2.75) is 46.1 Å². The minimum atomic E-state index is -0.213. The van der Waals surface area contributed by atoms with Gasteiger partial charge in [-0.1, -0.05) is 67.1 Å². The summed E-state index contributed by atoms with van der Waals surface area (Å²) in [7, 11) is 0. The number of hydrogen-bond acceptors (Lipinski definition) is 2. The second kappa shape index (κ2) is 10.6. The molecule has 5 heteroatoms. The molecule has 176 valence electrons. The minimum Gasteiger partial charge on any atom is -0.325 e. The van der Waals surface area contributed by atoms with Gasteiger partial charge in [0.05, 0.1) is 5.92 Å². The van der Waals surface area contributed by atoms with Gasteiger partial charge in [-0.3, -0.25) is 9.69 Å². The van der Waals surface area contributed by atoms with Gasteiger partial charge < -0.3 is 10.2 Å². The lowest BCUT2D eigenvalue weighted by Crippen LogP contribution is -2.49. The molecule has 0 aliphatic carbocycles. The number of rotatable bonds is 7. The molecule has 0 saturated carbocycles. The van der Waals surface area contributed by atoms with Crippen LogP contribution < -0.4 is 10.2 Å². The van der Waals surface area contributed by atoms with Crippen LogP contribution in [0.4, 0.5) is 16.2 Å². The van der Waals surface area contributed by atoms with E-state index in [0.717, 1.165) is 24.2 Å². The van der Waals surface area contributed by atoms with E-state index in [0.29, 0.717) is 25.2 Å². The first-order valence-corrected chi connectivity index (χ1v) is 12.0. The number of carbonyl (C=O) groups is 2. The largest absolute Gasteiger partial charge is 0.325 e. The Kier molecular flexibility index (Phi) is 7.31. The fraction of sp³-hybridized carbons (Fsp3) is 0.310. The Morgan fingerprint density at radius 1 is 0.971 bits per heavy atom. The van der Waals surface area contributed by atoms with E-state index in [1.54, 1.807) is 0 Å². The number of carbonyl (C=O) groups excluding carboxylic acids is 2. The van der Waals surface area contributed by atoms with Crippen LogP contribution in [-0.2, 0) is 11.3 Å². The van der Waals surface area contributed by atoms with Gasteiger partial charge in [-0.25, -0.2) is 4.79 Å². The molecular weight excluding hydrogens is 422 g/mol. The van der Waals surface area contributed by atoms with Crippen LogP contribution in [0.3, 0.4) is 0 Å². The van der Waals surface area contributed by atoms with Gasteiger partial charge >= 0.3 is 6.03 Å². The molecule has 1 fully saturated rings. The van der Waals surface area contributed by atoms with E-state index in [2.05, 4.69) is 37.4 Å². The van der Waals surface area contributed by atoms with E-state index in [1.807, 2.05) is 71.3 Å². The van der Waals surface area contributed by atoms with Crippen LogP contribution in [0.15, 0.2) is 72.8 Å². The smallest absolute Gasteiger partial charge is 0.324 e. The molecule has 4 rings (SSSR count). The van der Waals surface area contributed by atoms with E-state index in [1.165, 1.54) is 16.7 Å². The zero-order chi connectivity index (χ0) is 24.1. The van der Waals surface area contributed by atoms with Crippen LogP contribution >= 0.6 is 0 Å². The highest BCUT2D eigenvalue weighted by atomic mass is 16.2. The molecule has 34 heavy (non-hydrogen) atoms. The monoisotopic (exact) mass is 455 g/mol. The molecule has 0 unspecified atom stereocenters. The number of amides is 3. The molecule has 3 aromatic carbocycles. The maximum atomic E-state index is 13.4. The molecule has 0 aromatic heterocycles. The summed E-state index contributed by atoms with van der Waals surface area (Å²) < 4.78 is 0. The second-order valence-corrected chi connectivity index (χ2v) is 9.05. The maximum absolute atomic E-state index is 13.4. The summed E-state index contributed by atoms with van der Waals surface area (Å²) in [5.41, 5.74) is 6.10. The average Bonchev–Trinajstić information content (AvgIpc) is 2.84. The van der Waals surface area contributed by atoms with E-state index < -0.39 is 0 Å². The Labute approximate surface area is 202 Å². The lowest BCUT2D eigenvalue weighted by Gasteiger charge is -2.36. The van der Waals surface area contributed by atoms with Gasteiger partial charge in [-0.2, -0.15) is 0 Å². The Hall–Kier alpha value is -3.60. The van der Waals surface area contributed by atoms with Crippen molar-refractivity contribution in [1.82, 2.24) is 4.90 Å². The Morgan fingerprint density at radius 3 is 2.53 bits per heavy atom. The maximum Gasteiger partial charge on any atom is 0.324 e. The molecule has 0 radical (unpaired) electrons. The SMILES string of the molecule is CC[C@H](C(=O)Nc1cccc(N2CCCN(Cc3cc(C)ccc3C)C2=O)c1)c1ccccc1. The van der Waals surface area contributed by atoms with Crippen molar-refractivity contribution in [3.05, 3.63) is 95.1 Å². The normalized spacial score (nSPS) is 14.7. The van der Waals surface area contributed by atoms with Gasteiger partial charge in [-0.15, -0.1) is 0 Å². The zero-order valence-corrected chi connectivity index (χ0v) is 20.3. The van der Waals surface area contributed by atoms with Crippen LogP contribution in [0.5, 0.6) is 0 Å². The van der Waals surface area contributed by atoms with Gasteiger partial charge in [0.25, 0.3) is 0 Å². The third-order valence-electron chi connectivity index (χ3n) is 6.53. The van der Waals surface area contributed by atoms with Gasteiger partial charge in [0.2, 0.25) is 5.91 Å². The second-order valence-electron chi connectivity index (χ2n) is 9.05. The number of hydrogen-bond donors (Lipinski definition) is 1. The molecule has 3 aromatic rings. The van der Waals surface area contributed by atoms with Crippen LogP contribution in [-0.4, -0.2) is 29.9 Å². The Morgan fingerprint density at radius 2 is 1.76 bits per heavy atom. The minimum absolute atomic E-state index is 0.00588. The van der Waals surface area contributed by atoms with Crippen molar-refractivity contribution >= 4 is 23.3 Å². The highest BCUT2D eigenvalue weighted by Crippen LogP contribution is 2.27. The summed E-state index contributed by atoms with van der Waals surface area (Å²) in [4.78, 5) is 30.1. The lowest BCUT2D eigenvalue weighted by atomic mass is 9.95. The van der Waals surface area contributed by atoms with Crippen molar-refractivity contribution < 1.29 is 9.59 Å². The summed E-state index contributed by atoms with van der Waals surface area (Å²) in [6, 6.07) is 23.8. The van der Waals surface area contributed by atoms with E-state index in [-0.39, 0.29) is 17.9 Å². The third-order valence-corrected chi connectivity index (χ3v) is 6.53. The number of benzene rings is 3. The molecule has 3 amide bonds. The fourth-order valence-electron chi connectivity index (χ4n) is 4.58. The van der Waals surface area contributed by atoms with Gasteiger partial charge in [0, 0.05) is 31.0 Å². The summed E-state index contributed by atoms with van der Waals surface area (Å²) in [6.45, 7) is 8.20. The van der Waals surface area contributed by atoms with Crippen LogP contribution in [0.2, 0.25) is 0 Å². The Bertz CT molecular complexity index is 1160. The van der Waals surface area contributed by atoms with Crippen LogP contribution in [0, 0.1) is 13.8 Å². The Balaban J connectivity index is 1.48. The first-order valence-electron chi connectivity index (χ1n) is 12.0. The predicted octanol–water partition coefficient (Wildman–Crippen LogP) is 6.27. The van der Waals surface area contributed by atoms with Crippen LogP contribution in [0.25, 0.3) is 0 Å². The van der Waals surface area contributed by atoms with Crippen molar-refractivity contribution in [2.24, 2.45) is 0 Å². The van der Waals surface area contributed by atoms with Crippen LogP contribution in [0.1, 0.15) is 47.9 Å². The number of nitrogens with one attached hydrogen (secondary N) is 1. The van der Waals surface area contributed by atoms with Gasteiger partial charge in [-0.05, 0) is 61.6 Å². The number of anilines is 2. The average molecular weight is 456 g/mol. The van der Waals surface area contributed by atoms with E-state index in [4.69, 9.17) is 0 Å². The molecule has 1 heterocycles. The van der Waals surface area contributed by atoms with Gasteiger partial charge in [0.15, 0.2) is 0 Å². The van der Waals surface area contributed by atoms with Crippen molar-refractivity contribution in [1.29, 1.82) is 0 Å². The standard InChI is InChI=1S/C29H33N3O2/c1-4-27(23-10-6-5-7-11-23)28(33)30-25-12-8-13-26(19-25)32-17-9-16-31(29(32)34)20-24-18-21(2)14-15-22(24)3/h5-8,10-15,18-19,27H,4,9,16-17,20H2,1-3H3,(H,30,33)/t27-/m0/s1. The van der Waals surface area contributed by atoms with Crippen molar-refractivity contribution in [2.75, 3.05) is 23.3 Å². The molecule has 0 bridgehead atoms. The first-order chi connectivity index (χ1) is 16.5. The topological polar surface area (TPSA) is 52.7 Å². The van der Waals surface area contributed by atoms with E-state index in [9.17, 15) is 9.59 Å². The highest BCUT2D eigenvalue weighted by molar-refractivity contribution is 5.97. The molecule has 5 nitrogen and oxygen atoms in total. The van der Waals surface area contributed by atoms with Crippen molar-refractivity contribution in [3.8, 4) is 0 Å². The molecule has 1 atom stereocenters. The predicted molar refractivity (Wildman–Crippen MR) is 138 cm³/mol. The molecule has 1 aliphatic rings. The molecule has 1 saturated heterocycles. The summed E-state index contributed by atoms with van der Waals surface area (Å²) in [5, 5.41) is 3.06. The van der Waals surface area contributed by atoms with E-state index >= 15 is 0 Å². The number of nitrogens with zero attached hydrogens (tertiary/aromatic N) is 2. The quantitative estimate of drug-likeness (QED) is 0.457. The molecule has 1 aliphatic heterocycles. The summed E-state index contributed by atoms with van der Waals surface area (Å²) in [5.74, 6) is -0.248. The summed E-state index contributed by atoms with van der Waals surface area (Å²) in [6.07, 6.45) is 1.62. The third kappa shape index (κ3) is 5.30. The lowest BCUT2D eigenvalue weighted by molar-refractivity contribution is -0.117. The van der Waals surface area contributed by atoms with Crippen molar-refractivity contribution in [3.63, 3.8) is 0 Å². The summed E-state index contributed by atoms with van der Waals surface area (Å²) >= 11 is 0. The first kappa shape index (κ1) is 23.6. The van der Waals surface area contributed by atoms with Gasteiger partial charge in [0.1, 0.15) is 0 Å². The fourth-order valence-corrected chi connectivity index (χ4v) is 4.58.